The number of amides is 1. The van der Waals surface area contributed by atoms with Crippen molar-refractivity contribution >= 4 is 34.3 Å². The molecule has 2 aromatic heterocycles. The number of benzene rings is 1. The summed E-state index contributed by atoms with van der Waals surface area (Å²) in [6.45, 7) is 6.27. The van der Waals surface area contributed by atoms with Crippen LogP contribution in [-0.2, 0) is 4.79 Å². The highest BCUT2D eigenvalue weighted by Crippen LogP contribution is 2.35. The summed E-state index contributed by atoms with van der Waals surface area (Å²) in [7, 11) is 0. The van der Waals surface area contributed by atoms with Crippen LogP contribution in [0, 0.1) is 18.6 Å². The summed E-state index contributed by atoms with van der Waals surface area (Å²) in [5, 5.41) is 2.93. The summed E-state index contributed by atoms with van der Waals surface area (Å²) < 4.78 is 28.1. The van der Waals surface area contributed by atoms with Gasteiger partial charge in [0.2, 0.25) is 5.91 Å². The Morgan fingerprint density at radius 2 is 2.03 bits per heavy atom. The van der Waals surface area contributed by atoms with Gasteiger partial charge >= 0.3 is 0 Å². The molecule has 1 amide bonds. The van der Waals surface area contributed by atoms with E-state index in [-0.39, 0.29) is 29.2 Å². The molecule has 3 aromatic rings. The molecule has 1 aromatic carbocycles. The van der Waals surface area contributed by atoms with Crippen molar-refractivity contribution in [3.8, 4) is 0 Å². The van der Waals surface area contributed by atoms with Gasteiger partial charge in [-0.3, -0.25) is 4.79 Å². The maximum absolute atomic E-state index is 14.5. The van der Waals surface area contributed by atoms with Crippen LogP contribution in [0.3, 0.4) is 0 Å². The number of rotatable bonds is 4. The van der Waals surface area contributed by atoms with Crippen molar-refractivity contribution in [2.24, 2.45) is 0 Å². The zero-order chi connectivity index (χ0) is 21.7. The molecule has 31 heavy (non-hydrogen) atoms. The number of pyridine rings is 1. The molecule has 2 atom stereocenters. The first-order chi connectivity index (χ1) is 15.0. The average Bonchev–Trinajstić information content (AvgIpc) is 3.40. The molecule has 2 aliphatic rings. The van der Waals surface area contributed by atoms with Crippen molar-refractivity contribution in [1.82, 2.24) is 19.9 Å². The van der Waals surface area contributed by atoms with Gasteiger partial charge in [0.15, 0.2) is 11.6 Å². The molecule has 2 aliphatic heterocycles. The van der Waals surface area contributed by atoms with Gasteiger partial charge in [0, 0.05) is 18.7 Å². The summed E-state index contributed by atoms with van der Waals surface area (Å²) >= 11 is 0. The summed E-state index contributed by atoms with van der Waals surface area (Å²) in [4.78, 5) is 29.3. The van der Waals surface area contributed by atoms with Gasteiger partial charge in [-0.05, 0) is 43.7 Å². The van der Waals surface area contributed by atoms with Gasteiger partial charge in [-0.25, -0.2) is 23.7 Å². The molecule has 0 spiro atoms. The molecule has 7 nitrogen and oxygen atoms in total. The van der Waals surface area contributed by atoms with E-state index < -0.39 is 11.6 Å². The predicted molar refractivity (Wildman–Crippen MR) is 113 cm³/mol. The van der Waals surface area contributed by atoms with Crippen LogP contribution in [0.1, 0.15) is 12.0 Å². The van der Waals surface area contributed by atoms with Gasteiger partial charge in [0.05, 0.1) is 23.3 Å². The molecule has 0 aliphatic carbocycles. The highest BCUT2D eigenvalue weighted by atomic mass is 19.1. The molecule has 5 rings (SSSR count). The lowest BCUT2D eigenvalue weighted by Gasteiger charge is -2.34. The number of nitrogens with one attached hydrogen (secondary N) is 1. The third kappa shape index (κ3) is 3.17. The van der Waals surface area contributed by atoms with E-state index in [9.17, 15) is 13.6 Å². The van der Waals surface area contributed by atoms with Gasteiger partial charge in [-0.1, -0.05) is 6.58 Å². The second-order valence-corrected chi connectivity index (χ2v) is 7.81. The van der Waals surface area contributed by atoms with Crippen molar-refractivity contribution in [2.45, 2.75) is 25.4 Å². The number of carbonyl (C=O) groups excluding carboxylic acids is 1. The largest absolute Gasteiger partial charge is 0.350 e. The molecule has 0 unspecified atom stereocenters. The van der Waals surface area contributed by atoms with Crippen LogP contribution < -0.4 is 10.2 Å². The number of anilines is 3. The summed E-state index contributed by atoms with van der Waals surface area (Å²) in [5.74, 6) is -0.241. The Labute approximate surface area is 177 Å². The van der Waals surface area contributed by atoms with E-state index in [4.69, 9.17) is 4.98 Å². The number of carbonyl (C=O) groups is 1. The molecule has 2 saturated heterocycles. The van der Waals surface area contributed by atoms with E-state index in [1.54, 1.807) is 0 Å². The van der Waals surface area contributed by atoms with Crippen molar-refractivity contribution in [3.63, 3.8) is 0 Å². The molecule has 4 heterocycles. The lowest BCUT2D eigenvalue weighted by molar-refractivity contribution is -0.127. The maximum Gasteiger partial charge on any atom is 0.246 e. The maximum atomic E-state index is 14.5. The smallest absolute Gasteiger partial charge is 0.246 e. The van der Waals surface area contributed by atoms with Crippen LogP contribution in [0.4, 0.5) is 26.1 Å². The number of hydrogen-bond acceptors (Lipinski definition) is 6. The third-order valence-corrected chi connectivity index (χ3v) is 6.03. The van der Waals surface area contributed by atoms with Gasteiger partial charge in [-0.2, -0.15) is 0 Å². The topological polar surface area (TPSA) is 74.2 Å². The van der Waals surface area contributed by atoms with E-state index in [1.807, 2.05) is 17.0 Å². The van der Waals surface area contributed by atoms with Crippen molar-refractivity contribution in [3.05, 3.63) is 60.4 Å². The Hall–Kier alpha value is -3.62. The standard InChI is InChI=1S/C22H20F2N6O/c1-3-19(31)30-10-13-8-14(30)9-29(13)18-7-6-17-21(28-18)22(26-11-25-17)27-16-5-4-15(23)12(2)20(16)24/h3-7,11,13-14H,1,8-10H2,2H3,(H,25,26,27)/t13-,14-/m0/s1. The van der Waals surface area contributed by atoms with Gasteiger partial charge in [-0.15, -0.1) is 0 Å². The number of nitrogens with zero attached hydrogens (tertiary/aromatic N) is 5. The number of aromatic nitrogens is 3. The lowest BCUT2D eigenvalue weighted by atomic mass is 10.2. The summed E-state index contributed by atoms with van der Waals surface area (Å²) in [6.07, 6.45) is 3.61. The fraction of sp³-hybridized carbons (Fsp3) is 0.273. The normalized spacial score (nSPS) is 19.8. The van der Waals surface area contributed by atoms with Crippen LogP contribution in [0.5, 0.6) is 0 Å². The Morgan fingerprint density at radius 3 is 2.77 bits per heavy atom. The molecule has 2 bridgehead atoms. The van der Waals surface area contributed by atoms with Gasteiger partial charge in [0.1, 0.15) is 23.5 Å². The molecule has 2 fully saturated rings. The SMILES string of the molecule is C=CC(=O)N1C[C@@H]2C[C@H]1CN2c1ccc2ncnc(Nc3ccc(F)c(C)c3F)c2n1. The Kier molecular flexibility index (Phi) is 4.53. The van der Waals surface area contributed by atoms with Crippen LogP contribution >= 0.6 is 0 Å². The van der Waals surface area contributed by atoms with E-state index >= 15 is 0 Å². The number of likely N-dealkylation sites (tertiary alicyclic amines) is 1. The summed E-state index contributed by atoms with van der Waals surface area (Å²) in [6, 6.07) is 6.59. The van der Waals surface area contributed by atoms with Crippen LogP contribution in [0.15, 0.2) is 43.2 Å². The highest BCUT2D eigenvalue weighted by Gasteiger charge is 2.45. The van der Waals surface area contributed by atoms with Crippen molar-refractivity contribution in [2.75, 3.05) is 23.3 Å². The van der Waals surface area contributed by atoms with Crippen LogP contribution in [0.25, 0.3) is 11.0 Å². The average molecular weight is 422 g/mol. The monoisotopic (exact) mass is 422 g/mol. The minimum atomic E-state index is -0.674. The number of halogens is 2. The second kappa shape index (κ2) is 7.26. The first-order valence-corrected chi connectivity index (χ1v) is 9.99. The number of hydrogen-bond donors (Lipinski definition) is 1. The Morgan fingerprint density at radius 1 is 1.19 bits per heavy atom. The lowest BCUT2D eigenvalue weighted by Crippen LogP contribution is -2.48. The first kappa shape index (κ1) is 19.3. The minimum Gasteiger partial charge on any atom is -0.350 e. The predicted octanol–water partition coefficient (Wildman–Crippen LogP) is 3.33. The van der Waals surface area contributed by atoms with E-state index in [1.165, 1.54) is 31.5 Å². The van der Waals surface area contributed by atoms with Crippen LogP contribution in [-0.4, -0.2) is 50.9 Å². The van der Waals surface area contributed by atoms with E-state index in [0.717, 1.165) is 12.2 Å². The molecule has 0 radical (unpaired) electrons. The molecular formula is C22H20F2N6O. The fourth-order valence-electron chi connectivity index (χ4n) is 4.40. The van der Waals surface area contributed by atoms with Crippen molar-refractivity contribution < 1.29 is 13.6 Å². The Balaban J connectivity index is 1.47. The highest BCUT2D eigenvalue weighted by molar-refractivity contribution is 5.89. The zero-order valence-corrected chi connectivity index (χ0v) is 16.8. The molecule has 158 valence electrons. The van der Waals surface area contributed by atoms with E-state index in [2.05, 4.69) is 26.8 Å². The molecule has 1 N–H and O–H groups in total. The van der Waals surface area contributed by atoms with Gasteiger partial charge in [0.25, 0.3) is 0 Å². The summed E-state index contributed by atoms with van der Waals surface area (Å²) in [5.41, 5.74) is 1.14. The number of fused-ring (bicyclic) bond motifs is 3. The first-order valence-electron chi connectivity index (χ1n) is 9.99. The molecular weight excluding hydrogens is 402 g/mol. The Bertz CT molecular complexity index is 1220. The van der Waals surface area contributed by atoms with Crippen molar-refractivity contribution in [1.29, 1.82) is 0 Å². The minimum absolute atomic E-state index is 0.0462. The van der Waals surface area contributed by atoms with E-state index in [0.29, 0.717) is 29.9 Å². The molecule has 0 saturated carbocycles. The number of piperazine rings is 1. The fourth-order valence-corrected chi connectivity index (χ4v) is 4.40. The zero-order valence-electron chi connectivity index (χ0n) is 16.8. The van der Waals surface area contributed by atoms with Crippen LogP contribution in [0.2, 0.25) is 0 Å². The van der Waals surface area contributed by atoms with Gasteiger partial charge < -0.3 is 15.1 Å². The molecule has 9 heteroatoms. The third-order valence-electron chi connectivity index (χ3n) is 6.03. The second-order valence-electron chi connectivity index (χ2n) is 7.81. The quantitative estimate of drug-likeness (QED) is 0.651.